The molecule has 2 N–H and O–H groups in total. The van der Waals surface area contributed by atoms with E-state index in [0.29, 0.717) is 17.1 Å². The number of hydrogen-bond donors (Lipinski definition) is 2. The molecule has 0 fully saturated rings. The van der Waals surface area contributed by atoms with E-state index in [1.165, 1.54) is 11.1 Å². The van der Waals surface area contributed by atoms with Gasteiger partial charge in [-0.15, -0.1) is 0 Å². The van der Waals surface area contributed by atoms with E-state index in [1.807, 2.05) is 12.1 Å². The summed E-state index contributed by atoms with van der Waals surface area (Å²) >= 11 is 3.17. The quantitative estimate of drug-likeness (QED) is 0.901. The minimum absolute atomic E-state index is 0.268. The molecule has 0 saturated heterocycles. The number of halogens is 1. The largest absolute Gasteiger partial charge is 0.434 e. The molecule has 2 aromatic rings. The van der Waals surface area contributed by atoms with Crippen LogP contribution in [-0.2, 0) is 6.42 Å². The van der Waals surface area contributed by atoms with Crippen molar-refractivity contribution < 1.29 is 9.21 Å². The molecule has 0 aliphatic rings. The molecule has 2 amide bonds. The van der Waals surface area contributed by atoms with Crippen LogP contribution in [-0.4, -0.2) is 12.6 Å². The Morgan fingerprint density at radius 3 is 2.74 bits per heavy atom. The lowest BCUT2D eigenvalue weighted by atomic mass is 10.1. The molecule has 0 bridgehead atoms. The van der Waals surface area contributed by atoms with E-state index in [0.717, 1.165) is 6.42 Å². The molecule has 2 rings (SSSR count). The Morgan fingerprint density at radius 2 is 2.05 bits per heavy atom. The maximum absolute atomic E-state index is 11.6. The van der Waals surface area contributed by atoms with E-state index in [-0.39, 0.29) is 6.03 Å². The topological polar surface area (TPSA) is 54.3 Å². The number of amides is 2. The maximum Gasteiger partial charge on any atom is 0.321 e. The zero-order valence-corrected chi connectivity index (χ0v) is 12.2. The maximum atomic E-state index is 11.6. The summed E-state index contributed by atoms with van der Waals surface area (Å²) in [6.07, 6.45) is 0.807. The van der Waals surface area contributed by atoms with Crippen molar-refractivity contribution in [1.29, 1.82) is 0 Å². The fraction of sp³-hybridized carbons (Fsp3) is 0.214. The molecule has 1 aromatic carbocycles. The van der Waals surface area contributed by atoms with Gasteiger partial charge in [-0.05, 0) is 46.5 Å². The molecule has 0 saturated carbocycles. The van der Waals surface area contributed by atoms with Crippen molar-refractivity contribution in [2.45, 2.75) is 13.3 Å². The Labute approximate surface area is 120 Å². The number of carbonyl (C=O) groups is 1. The molecule has 1 heterocycles. The van der Waals surface area contributed by atoms with Crippen molar-refractivity contribution in [3.8, 4) is 0 Å². The van der Waals surface area contributed by atoms with Gasteiger partial charge in [0.1, 0.15) is 0 Å². The van der Waals surface area contributed by atoms with Gasteiger partial charge < -0.3 is 9.73 Å². The van der Waals surface area contributed by atoms with Crippen LogP contribution in [0.5, 0.6) is 0 Å². The zero-order chi connectivity index (χ0) is 13.7. The van der Waals surface area contributed by atoms with Crippen LogP contribution < -0.4 is 10.6 Å². The van der Waals surface area contributed by atoms with Gasteiger partial charge in [0.05, 0.1) is 0 Å². The second-order valence-electron chi connectivity index (χ2n) is 4.16. The molecule has 5 heteroatoms. The number of furan rings is 1. The third-order valence-corrected chi connectivity index (χ3v) is 3.18. The van der Waals surface area contributed by atoms with Gasteiger partial charge in [0.15, 0.2) is 4.67 Å². The predicted octanol–water partition coefficient (Wildman–Crippen LogP) is 3.71. The SMILES string of the molecule is Cc1ccccc1CCNC(=O)Nc1ccc(Br)o1. The Balaban J connectivity index is 1.77. The fourth-order valence-corrected chi connectivity index (χ4v) is 2.05. The van der Waals surface area contributed by atoms with Crippen LogP contribution in [0.2, 0.25) is 0 Å². The normalized spacial score (nSPS) is 10.2. The number of nitrogens with one attached hydrogen (secondary N) is 2. The van der Waals surface area contributed by atoms with E-state index in [9.17, 15) is 4.79 Å². The van der Waals surface area contributed by atoms with Crippen LogP contribution in [0.3, 0.4) is 0 Å². The predicted molar refractivity (Wildman–Crippen MR) is 78.3 cm³/mol. The molecule has 0 aliphatic carbocycles. The first-order valence-corrected chi connectivity index (χ1v) is 6.79. The summed E-state index contributed by atoms with van der Waals surface area (Å²) in [5.41, 5.74) is 2.48. The van der Waals surface area contributed by atoms with Gasteiger partial charge in [0, 0.05) is 12.6 Å². The van der Waals surface area contributed by atoms with Gasteiger partial charge in [-0.1, -0.05) is 24.3 Å². The van der Waals surface area contributed by atoms with E-state index in [4.69, 9.17) is 4.42 Å². The summed E-state index contributed by atoms with van der Waals surface area (Å²) in [6, 6.07) is 11.3. The first-order valence-electron chi connectivity index (χ1n) is 6.00. The smallest absolute Gasteiger partial charge is 0.321 e. The zero-order valence-electron chi connectivity index (χ0n) is 10.6. The lowest BCUT2D eigenvalue weighted by molar-refractivity contribution is 0.251. The molecular weight excluding hydrogens is 308 g/mol. The standard InChI is InChI=1S/C14H15BrN2O2/c1-10-4-2-3-5-11(10)8-9-16-14(18)17-13-7-6-12(15)19-13/h2-7H,8-9H2,1H3,(H2,16,17,18). The Kier molecular flexibility index (Phi) is 4.63. The minimum Gasteiger partial charge on any atom is -0.434 e. The van der Waals surface area contributed by atoms with E-state index < -0.39 is 0 Å². The van der Waals surface area contributed by atoms with Crippen LogP contribution >= 0.6 is 15.9 Å². The minimum atomic E-state index is -0.268. The number of aryl methyl sites for hydroxylation is 1. The molecule has 4 nitrogen and oxygen atoms in total. The van der Waals surface area contributed by atoms with Gasteiger partial charge >= 0.3 is 6.03 Å². The molecule has 0 radical (unpaired) electrons. The molecule has 1 aromatic heterocycles. The highest BCUT2D eigenvalue weighted by atomic mass is 79.9. The van der Waals surface area contributed by atoms with Crippen molar-refractivity contribution in [3.63, 3.8) is 0 Å². The highest BCUT2D eigenvalue weighted by Crippen LogP contribution is 2.17. The average Bonchev–Trinajstić information content (AvgIpc) is 2.77. The fourth-order valence-electron chi connectivity index (χ4n) is 1.74. The first kappa shape index (κ1) is 13.7. The lowest BCUT2D eigenvalue weighted by Crippen LogP contribution is -2.30. The van der Waals surface area contributed by atoms with Gasteiger partial charge in [-0.3, -0.25) is 5.32 Å². The number of hydrogen-bond acceptors (Lipinski definition) is 2. The highest BCUT2D eigenvalue weighted by Gasteiger charge is 2.05. The number of rotatable bonds is 4. The van der Waals surface area contributed by atoms with Crippen molar-refractivity contribution >= 4 is 27.8 Å². The van der Waals surface area contributed by atoms with E-state index in [2.05, 4.69) is 45.6 Å². The van der Waals surface area contributed by atoms with Gasteiger partial charge in [-0.2, -0.15) is 0 Å². The molecule has 0 unspecified atom stereocenters. The summed E-state index contributed by atoms with van der Waals surface area (Å²) < 4.78 is 5.77. The molecule has 100 valence electrons. The summed E-state index contributed by atoms with van der Waals surface area (Å²) in [5.74, 6) is 0.417. The molecule has 0 aliphatic heterocycles. The monoisotopic (exact) mass is 322 g/mol. The lowest BCUT2D eigenvalue weighted by Gasteiger charge is -2.07. The molecule has 0 spiro atoms. The van der Waals surface area contributed by atoms with Crippen molar-refractivity contribution in [2.75, 3.05) is 11.9 Å². The van der Waals surface area contributed by atoms with Crippen LogP contribution in [0.15, 0.2) is 45.5 Å². The number of urea groups is 1. The van der Waals surface area contributed by atoms with Crippen LogP contribution in [0.4, 0.5) is 10.7 Å². The summed E-state index contributed by atoms with van der Waals surface area (Å²) in [7, 11) is 0. The summed E-state index contributed by atoms with van der Waals surface area (Å²) in [6.45, 7) is 2.65. The number of anilines is 1. The third kappa shape index (κ3) is 4.13. The summed E-state index contributed by atoms with van der Waals surface area (Å²) in [5, 5.41) is 5.41. The first-order chi connectivity index (χ1) is 9.15. The molecule has 19 heavy (non-hydrogen) atoms. The van der Waals surface area contributed by atoms with Gasteiger partial charge in [0.25, 0.3) is 0 Å². The molecular formula is C14H15BrN2O2. The molecule has 0 atom stereocenters. The second kappa shape index (κ2) is 6.43. The van der Waals surface area contributed by atoms with Crippen molar-refractivity contribution in [2.24, 2.45) is 0 Å². The number of carbonyl (C=O) groups excluding carboxylic acids is 1. The average molecular weight is 323 g/mol. The van der Waals surface area contributed by atoms with Gasteiger partial charge in [0.2, 0.25) is 5.88 Å². The van der Waals surface area contributed by atoms with Crippen LogP contribution in [0, 0.1) is 6.92 Å². The van der Waals surface area contributed by atoms with E-state index >= 15 is 0 Å². The van der Waals surface area contributed by atoms with E-state index in [1.54, 1.807) is 12.1 Å². The second-order valence-corrected chi connectivity index (χ2v) is 4.94. The van der Waals surface area contributed by atoms with Crippen molar-refractivity contribution in [1.82, 2.24) is 5.32 Å². The van der Waals surface area contributed by atoms with Crippen molar-refractivity contribution in [3.05, 3.63) is 52.2 Å². The Hall–Kier alpha value is -1.75. The highest BCUT2D eigenvalue weighted by molar-refractivity contribution is 9.10. The Morgan fingerprint density at radius 1 is 1.26 bits per heavy atom. The van der Waals surface area contributed by atoms with Gasteiger partial charge in [-0.25, -0.2) is 4.79 Å². The summed E-state index contributed by atoms with van der Waals surface area (Å²) in [4.78, 5) is 11.6. The van der Waals surface area contributed by atoms with Crippen LogP contribution in [0.25, 0.3) is 0 Å². The third-order valence-electron chi connectivity index (χ3n) is 2.75. The number of benzene rings is 1. The Bertz CT molecular complexity index is 566. The van der Waals surface area contributed by atoms with Crippen LogP contribution in [0.1, 0.15) is 11.1 Å².